The lowest BCUT2D eigenvalue weighted by molar-refractivity contribution is -0.138. The van der Waals surface area contributed by atoms with Crippen molar-refractivity contribution in [2.24, 2.45) is 17.1 Å². The molecule has 0 aliphatic heterocycles. The fourth-order valence-electron chi connectivity index (χ4n) is 4.27. The molecule has 0 bridgehead atoms. The van der Waals surface area contributed by atoms with Crippen molar-refractivity contribution >= 4 is 17.5 Å². The summed E-state index contributed by atoms with van der Waals surface area (Å²) in [5, 5.41) is 11.8. The van der Waals surface area contributed by atoms with Crippen LogP contribution in [0.25, 0.3) is 0 Å². The van der Waals surface area contributed by atoms with Crippen molar-refractivity contribution in [3.8, 4) is 6.07 Å². The minimum absolute atomic E-state index is 0.0894. The summed E-state index contributed by atoms with van der Waals surface area (Å²) >= 11 is 0. The first-order valence-electron chi connectivity index (χ1n) is 11.7. The third-order valence-electron chi connectivity index (χ3n) is 6.27. The molecule has 0 unspecified atom stereocenters. The molecule has 1 fully saturated rings. The first-order chi connectivity index (χ1) is 15.8. The van der Waals surface area contributed by atoms with E-state index in [0.29, 0.717) is 36.4 Å². The molecule has 0 aromatic heterocycles. The number of anilines is 1. The van der Waals surface area contributed by atoms with Crippen LogP contribution in [0.5, 0.6) is 0 Å². The Morgan fingerprint density at radius 1 is 1.12 bits per heavy atom. The van der Waals surface area contributed by atoms with Gasteiger partial charge in [0.05, 0.1) is 11.6 Å². The molecule has 0 heterocycles. The molecule has 2 amide bonds. The van der Waals surface area contributed by atoms with Gasteiger partial charge in [-0.2, -0.15) is 5.26 Å². The van der Waals surface area contributed by atoms with E-state index < -0.39 is 0 Å². The summed E-state index contributed by atoms with van der Waals surface area (Å²) in [6, 6.07) is 16.2. The van der Waals surface area contributed by atoms with Crippen molar-refractivity contribution in [1.82, 2.24) is 4.90 Å². The maximum Gasteiger partial charge on any atom is 0.255 e. The Kier molecular flexibility index (Phi) is 8.24. The van der Waals surface area contributed by atoms with Gasteiger partial charge in [0.2, 0.25) is 5.91 Å². The first-order valence-corrected chi connectivity index (χ1v) is 11.7. The molecule has 2 aromatic carbocycles. The summed E-state index contributed by atoms with van der Waals surface area (Å²) in [4.78, 5) is 28.0. The number of nitrogens with one attached hydrogen (secondary N) is 1. The fourth-order valence-corrected chi connectivity index (χ4v) is 4.27. The van der Waals surface area contributed by atoms with Crippen LogP contribution in [-0.2, 0) is 11.3 Å². The topological polar surface area (TPSA) is 99.2 Å². The molecule has 1 aliphatic rings. The molecule has 3 N–H and O–H groups in total. The van der Waals surface area contributed by atoms with Gasteiger partial charge in [0.15, 0.2) is 0 Å². The number of amides is 2. The van der Waals surface area contributed by atoms with E-state index in [2.05, 4.69) is 19.2 Å². The van der Waals surface area contributed by atoms with Crippen molar-refractivity contribution in [1.29, 1.82) is 5.26 Å². The highest BCUT2D eigenvalue weighted by molar-refractivity contribution is 6.04. The number of hydrogen-bond acceptors (Lipinski definition) is 4. The largest absolute Gasteiger partial charge is 0.338 e. The summed E-state index contributed by atoms with van der Waals surface area (Å²) in [7, 11) is 0. The molecule has 174 valence electrons. The highest BCUT2D eigenvalue weighted by Crippen LogP contribution is 2.28. The van der Waals surface area contributed by atoms with Crippen LogP contribution in [0.1, 0.15) is 67.4 Å². The molecule has 0 radical (unpaired) electrons. The monoisotopic (exact) mass is 446 g/mol. The number of carbonyl (C=O) groups is 2. The van der Waals surface area contributed by atoms with Crippen molar-refractivity contribution in [2.75, 3.05) is 18.4 Å². The predicted octanol–water partition coefficient (Wildman–Crippen LogP) is 4.70. The number of carbonyl (C=O) groups excluding carboxylic acids is 2. The average molecular weight is 447 g/mol. The molecule has 6 nitrogen and oxygen atoms in total. The van der Waals surface area contributed by atoms with Gasteiger partial charge in [0.1, 0.15) is 0 Å². The number of nitrogens with zero attached hydrogens (tertiary/aromatic N) is 2. The molecule has 6 heteroatoms. The summed E-state index contributed by atoms with van der Waals surface area (Å²) < 4.78 is 0. The summed E-state index contributed by atoms with van der Waals surface area (Å²) in [6.07, 6.45) is 5.35. The Hall–Kier alpha value is -3.17. The quantitative estimate of drug-likeness (QED) is 0.614. The molecule has 1 aliphatic carbocycles. The van der Waals surface area contributed by atoms with Gasteiger partial charge in [-0.15, -0.1) is 0 Å². The molecule has 3 rings (SSSR count). The Balaban J connectivity index is 1.74. The predicted molar refractivity (Wildman–Crippen MR) is 130 cm³/mol. The molecule has 1 saturated carbocycles. The van der Waals surface area contributed by atoms with Gasteiger partial charge in [-0.25, -0.2) is 0 Å². The van der Waals surface area contributed by atoms with Crippen LogP contribution < -0.4 is 11.1 Å². The lowest BCUT2D eigenvalue weighted by Crippen LogP contribution is -2.44. The second-order valence-electron chi connectivity index (χ2n) is 9.74. The minimum atomic E-state index is -0.240. The zero-order valence-electron chi connectivity index (χ0n) is 19.6. The average Bonchev–Trinajstić information content (AvgIpc) is 2.84. The number of nitriles is 1. The van der Waals surface area contributed by atoms with Gasteiger partial charge < -0.3 is 16.0 Å². The molecular formula is C27H34N4O2. The first kappa shape index (κ1) is 24.5. The van der Waals surface area contributed by atoms with E-state index in [1.165, 1.54) is 6.42 Å². The van der Waals surface area contributed by atoms with Crippen molar-refractivity contribution < 1.29 is 9.59 Å². The van der Waals surface area contributed by atoms with Gasteiger partial charge >= 0.3 is 0 Å². The molecular weight excluding hydrogens is 412 g/mol. The highest BCUT2D eigenvalue weighted by atomic mass is 16.2. The zero-order chi connectivity index (χ0) is 23.8. The third-order valence-corrected chi connectivity index (χ3v) is 6.27. The van der Waals surface area contributed by atoms with Crippen LogP contribution >= 0.6 is 0 Å². The van der Waals surface area contributed by atoms with E-state index in [4.69, 9.17) is 11.0 Å². The van der Waals surface area contributed by atoms with Crippen LogP contribution in [-0.4, -0.2) is 29.8 Å². The Morgan fingerprint density at radius 2 is 1.82 bits per heavy atom. The van der Waals surface area contributed by atoms with E-state index in [-0.39, 0.29) is 23.1 Å². The Bertz CT molecular complexity index is 1000. The highest BCUT2D eigenvalue weighted by Gasteiger charge is 2.30. The van der Waals surface area contributed by atoms with Gasteiger partial charge in [-0.1, -0.05) is 45.2 Å². The smallest absolute Gasteiger partial charge is 0.255 e. The molecule has 0 saturated heterocycles. The maximum absolute atomic E-state index is 13.4. The molecule has 0 atom stereocenters. The molecule has 2 aromatic rings. The van der Waals surface area contributed by atoms with Crippen LogP contribution in [0.4, 0.5) is 5.69 Å². The molecule has 33 heavy (non-hydrogen) atoms. The van der Waals surface area contributed by atoms with E-state index in [1.54, 1.807) is 24.3 Å². The van der Waals surface area contributed by atoms with Crippen LogP contribution in [0.2, 0.25) is 0 Å². The van der Waals surface area contributed by atoms with E-state index >= 15 is 0 Å². The van der Waals surface area contributed by atoms with Crippen LogP contribution in [0.3, 0.4) is 0 Å². The number of nitrogens with two attached hydrogens (primary N) is 1. The zero-order valence-corrected chi connectivity index (χ0v) is 19.6. The van der Waals surface area contributed by atoms with Gasteiger partial charge in [0.25, 0.3) is 5.91 Å². The standard InChI is InChI=1S/C27H34N4O2/c1-27(2,18-29)19-31(26(33)23-8-4-3-5-9-23)17-21-7-6-10-24(15-21)30-25(32)22-13-11-20(16-28)12-14-22/h6-7,10-15,23H,3-5,8-9,17-19,29H2,1-2H3,(H,30,32). The molecule has 0 spiro atoms. The Labute approximate surface area is 196 Å². The van der Waals surface area contributed by atoms with Gasteiger partial charge in [0, 0.05) is 30.3 Å². The summed E-state index contributed by atoms with van der Waals surface area (Å²) in [5.41, 5.74) is 8.43. The van der Waals surface area contributed by atoms with Crippen molar-refractivity contribution in [3.63, 3.8) is 0 Å². The lowest BCUT2D eigenvalue weighted by Gasteiger charge is -2.35. The normalized spacial score (nSPS) is 14.4. The van der Waals surface area contributed by atoms with Crippen LogP contribution in [0, 0.1) is 22.7 Å². The number of hydrogen-bond donors (Lipinski definition) is 2. The third kappa shape index (κ3) is 6.90. The van der Waals surface area contributed by atoms with Crippen LogP contribution in [0.15, 0.2) is 48.5 Å². The SMILES string of the molecule is CC(C)(CN)CN(Cc1cccc(NC(=O)c2ccc(C#N)cc2)c1)C(=O)C1CCCCC1. The number of rotatable bonds is 8. The summed E-state index contributed by atoms with van der Waals surface area (Å²) in [5.74, 6) is 0.0610. The van der Waals surface area contributed by atoms with Gasteiger partial charge in [-0.05, 0) is 66.8 Å². The van der Waals surface area contributed by atoms with Gasteiger partial charge in [-0.3, -0.25) is 9.59 Å². The van der Waals surface area contributed by atoms with E-state index in [1.807, 2.05) is 35.2 Å². The second-order valence-corrected chi connectivity index (χ2v) is 9.74. The van der Waals surface area contributed by atoms with Crippen molar-refractivity contribution in [2.45, 2.75) is 52.5 Å². The van der Waals surface area contributed by atoms with E-state index in [0.717, 1.165) is 31.2 Å². The second kappa shape index (κ2) is 11.1. The maximum atomic E-state index is 13.4. The summed E-state index contributed by atoms with van der Waals surface area (Å²) in [6.45, 7) is 5.76. The number of benzene rings is 2. The lowest BCUT2D eigenvalue weighted by atomic mass is 9.86. The van der Waals surface area contributed by atoms with E-state index in [9.17, 15) is 9.59 Å². The Morgan fingerprint density at radius 3 is 2.45 bits per heavy atom. The fraction of sp³-hybridized carbons (Fsp3) is 0.444. The minimum Gasteiger partial charge on any atom is -0.338 e. The van der Waals surface area contributed by atoms with Crippen molar-refractivity contribution in [3.05, 3.63) is 65.2 Å².